The molecule has 0 fully saturated rings. The molecule has 0 bridgehead atoms. The number of aromatic nitrogens is 1. The Kier molecular flexibility index (Phi) is 4.16. The first-order valence-corrected chi connectivity index (χ1v) is 7.43. The SMILES string of the molecule is COC(=O)c1cc(C)c2cc(Cc3ccc(F)cc3)cnc2c1O. The number of hydrogen-bond acceptors (Lipinski definition) is 4. The number of nitrogens with zero attached hydrogens (tertiary/aromatic N) is 1. The van der Waals surface area contributed by atoms with Gasteiger partial charge in [-0.3, -0.25) is 4.98 Å². The molecule has 0 saturated heterocycles. The standard InChI is InChI=1S/C19H16FNO3/c1-11-7-16(19(23)24-2)18(22)17-15(11)9-13(10-21-17)8-12-3-5-14(20)6-4-12/h3-7,9-10,22H,8H2,1-2H3. The van der Waals surface area contributed by atoms with Crippen LogP contribution in [0, 0.1) is 12.7 Å². The number of aryl methyl sites for hydroxylation is 1. The summed E-state index contributed by atoms with van der Waals surface area (Å²) in [4.78, 5) is 16.0. The fourth-order valence-electron chi connectivity index (χ4n) is 2.69. The van der Waals surface area contributed by atoms with E-state index in [1.165, 1.54) is 19.2 Å². The fraction of sp³-hybridized carbons (Fsp3) is 0.158. The molecule has 0 spiro atoms. The Hall–Kier alpha value is -2.95. The molecule has 1 N–H and O–H groups in total. The van der Waals surface area contributed by atoms with Gasteiger partial charge >= 0.3 is 5.97 Å². The summed E-state index contributed by atoms with van der Waals surface area (Å²) in [5.41, 5.74) is 3.17. The number of pyridine rings is 1. The third kappa shape index (κ3) is 2.93. The van der Waals surface area contributed by atoms with Gasteiger partial charge in [-0.15, -0.1) is 0 Å². The van der Waals surface area contributed by atoms with Crippen LogP contribution in [0.4, 0.5) is 4.39 Å². The van der Waals surface area contributed by atoms with Gasteiger partial charge in [0, 0.05) is 11.6 Å². The van der Waals surface area contributed by atoms with E-state index in [2.05, 4.69) is 9.72 Å². The van der Waals surface area contributed by atoms with Crippen LogP contribution in [0.15, 0.2) is 42.6 Å². The summed E-state index contributed by atoms with van der Waals surface area (Å²) >= 11 is 0. The number of hydrogen-bond donors (Lipinski definition) is 1. The van der Waals surface area contributed by atoms with Crippen molar-refractivity contribution in [3.05, 3.63) is 70.7 Å². The monoisotopic (exact) mass is 325 g/mol. The summed E-state index contributed by atoms with van der Waals surface area (Å²) in [6, 6.07) is 9.80. The molecule has 122 valence electrons. The third-order valence-electron chi connectivity index (χ3n) is 3.94. The lowest BCUT2D eigenvalue weighted by Gasteiger charge is -2.10. The number of methoxy groups -OCH3 is 1. The molecule has 1 aromatic heterocycles. The second-order valence-corrected chi connectivity index (χ2v) is 5.62. The van der Waals surface area contributed by atoms with Gasteiger partial charge in [0.05, 0.1) is 7.11 Å². The van der Waals surface area contributed by atoms with Gasteiger partial charge in [-0.25, -0.2) is 9.18 Å². The molecule has 0 saturated carbocycles. The molecule has 2 aromatic carbocycles. The van der Waals surface area contributed by atoms with E-state index in [-0.39, 0.29) is 17.1 Å². The number of phenolic OH excluding ortho intramolecular Hbond substituents is 1. The number of halogens is 1. The summed E-state index contributed by atoms with van der Waals surface area (Å²) in [5.74, 6) is -1.06. The number of phenols is 1. The van der Waals surface area contributed by atoms with Gasteiger partial charge in [0.1, 0.15) is 16.9 Å². The Labute approximate surface area is 138 Å². The molecular formula is C19H16FNO3. The number of benzene rings is 2. The van der Waals surface area contributed by atoms with Crippen LogP contribution in [0.2, 0.25) is 0 Å². The average molecular weight is 325 g/mol. The molecule has 0 radical (unpaired) electrons. The van der Waals surface area contributed by atoms with E-state index in [0.29, 0.717) is 11.9 Å². The largest absolute Gasteiger partial charge is 0.505 e. The topological polar surface area (TPSA) is 59.4 Å². The minimum absolute atomic E-state index is 0.0984. The second kappa shape index (κ2) is 6.28. The Morgan fingerprint density at radius 1 is 1.21 bits per heavy atom. The van der Waals surface area contributed by atoms with E-state index in [9.17, 15) is 14.3 Å². The maximum Gasteiger partial charge on any atom is 0.341 e. The average Bonchev–Trinajstić information content (AvgIpc) is 2.59. The van der Waals surface area contributed by atoms with Crippen molar-refractivity contribution >= 4 is 16.9 Å². The Balaban J connectivity index is 2.04. The van der Waals surface area contributed by atoms with E-state index >= 15 is 0 Å². The summed E-state index contributed by atoms with van der Waals surface area (Å²) in [6.07, 6.45) is 2.24. The molecule has 0 aliphatic carbocycles. The number of carbonyl (C=O) groups is 1. The highest BCUT2D eigenvalue weighted by molar-refractivity contribution is 6.01. The highest BCUT2D eigenvalue weighted by atomic mass is 19.1. The predicted octanol–water partition coefficient (Wildman–Crippen LogP) is 3.77. The first-order valence-electron chi connectivity index (χ1n) is 7.43. The highest BCUT2D eigenvalue weighted by Crippen LogP contribution is 2.31. The van der Waals surface area contributed by atoms with Crippen molar-refractivity contribution in [2.45, 2.75) is 13.3 Å². The molecular weight excluding hydrogens is 309 g/mol. The van der Waals surface area contributed by atoms with E-state index in [4.69, 9.17) is 0 Å². The minimum Gasteiger partial charge on any atom is -0.505 e. The maximum atomic E-state index is 13.0. The fourth-order valence-corrected chi connectivity index (χ4v) is 2.69. The molecule has 0 atom stereocenters. The molecule has 5 heteroatoms. The summed E-state index contributed by atoms with van der Waals surface area (Å²) in [7, 11) is 1.26. The Morgan fingerprint density at radius 2 is 1.92 bits per heavy atom. The van der Waals surface area contributed by atoms with Crippen LogP contribution in [0.3, 0.4) is 0 Å². The number of rotatable bonds is 3. The minimum atomic E-state index is -0.602. The molecule has 0 amide bonds. The van der Waals surface area contributed by atoms with Crippen molar-refractivity contribution in [3.8, 4) is 5.75 Å². The molecule has 0 aliphatic heterocycles. The molecule has 1 heterocycles. The second-order valence-electron chi connectivity index (χ2n) is 5.62. The summed E-state index contributed by atoms with van der Waals surface area (Å²) in [5, 5.41) is 11.0. The lowest BCUT2D eigenvalue weighted by atomic mass is 10.00. The number of aromatic hydroxyl groups is 1. The first kappa shape index (κ1) is 15.9. The highest BCUT2D eigenvalue weighted by Gasteiger charge is 2.17. The number of fused-ring (bicyclic) bond motifs is 1. The number of esters is 1. The summed E-state index contributed by atoms with van der Waals surface area (Å²) < 4.78 is 17.7. The van der Waals surface area contributed by atoms with Crippen LogP contribution in [0.5, 0.6) is 5.75 Å². The van der Waals surface area contributed by atoms with E-state index in [1.807, 2.05) is 13.0 Å². The van der Waals surface area contributed by atoms with Gasteiger partial charge in [0.15, 0.2) is 5.75 Å². The quantitative estimate of drug-likeness (QED) is 0.745. The van der Waals surface area contributed by atoms with E-state index in [0.717, 1.165) is 22.1 Å². The van der Waals surface area contributed by atoms with Crippen LogP contribution in [0.25, 0.3) is 10.9 Å². The first-order chi connectivity index (χ1) is 11.5. The maximum absolute atomic E-state index is 13.0. The zero-order chi connectivity index (χ0) is 17.3. The van der Waals surface area contributed by atoms with Crippen LogP contribution in [-0.4, -0.2) is 23.2 Å². The zero-order valence-corrected chi connectivity index (χ0v) is 13.3. The lowest BCUT2D eigenvalue weighted by molar-refractivity contribution is 0.0597. The molecule has 0 aliphatic rings. The normalized spacial score (nSPS) is 10.8. The molecule has 0 unspecified atom stereocenters. The van der Waals surface area contributed by atoms with E-state index in [1.54, 1.807) is 24.4 Å². The smallest absolute Gasteiger partial charge is 0.341 e. The van der Waals surface area contributed by atoms with Crippen LogP contribution in [0.1, 0.15) is 27.0 Å². The van der Waals surface area contributed by atoms with Gasteiger partial charge in [-0.05, 0) is 54.3 Å². The van der Waals surface area contributed by atoms with Gasteiger partial charge in [0.2, 0.25) is 0 Å². The van der Waals surface area contributed by atoms with Crippen molar-refractivity contribution in [1.82, 2.24) is 4.98 Å². The number of carbonyl (C=O) groups excluding carboxylic acids is 1. The Bertz CT molecular complexity index is 920. The molecule has 4 nitrogen and oxygen atoms in total. The van der Waals surface area contributed by atoms with Crippen LogP contribution < -0.4 is 0 Å². The Morgan fingerprint density at radius 3 is 2.58 bits per heavy atom. The van der Waals surface area contributed by atoms with Crippen molar-refractivity contribution in [2.24, 2.45) is 0 Å². The summed E-state index contributed by atoms with van der Waals surface area (Å²) in [6.45, 7) is 1.84. The lowest BCUT2D eigenvalue weighted by Crippen LogP contribution is -2.03. The van der Waals surface area contributed by atoms with Gasteiger partial charge in [0.25, 0.3) is 0 Å². The van der Waals surface area contributed by atoms with Crippen molar-refractivity contribution in [2.75, 3.05) is 7.11 Å². The van der Waals surface area contributed by atoms with Crippen molar-refractivity contribution in [3.63, 3.8) is 0 Å². The van der Waals surface area contributed by atoms with E-state index < -0.39 is 5.97 Å². The molecule has 3 rings (SSSR count). The van der Waals surface area contributed by atoms with Crippen molar-refractivity contribution in [1.29, 1.82) is 0 Å². The van der Waals surface area contributed by atoms with Crippen LogP contribution >= 0.6 is 0 Å². The van der Waals surface area contributed by atoms with Gasteiger partial charge in [-0.1, -0.05) is 12.1 Å². The van der Waals surface area contributed by atoms with Gasteiger partial charge < -0.3 is 9.84 Å². The third-order valence-corrected chi connectivity index (χ3v) is 3.94. The number of ether oxygens (including phenoxy) is 1. The van der Waals surface area contributed by atoms with Gasteiger partial charge in [-0.2, -0.15) is 0 Å². The van der Waals surface area contributed by atoms with Crippen molar-refractivity contribution < 1.29 is 19.0 Å². The predicted molar refractivity (Wildman–Crippen MR) is 88.7 cm³/mol. The van der Waals surface area contributed by atoms with Crippen LogP contribution in [-0.2, 0) is 11.2 Å². The molecule has 3 aromatic rings. The zero-order valence-electron chi connectivity index (χ0n) is 13.3. The molecule has 24 heavy (non-hydrogen) atoms.